The van der Waals surface area contributed by atoms with Crippen molar-refractivity contribution < 1.29 is 37.3 Å². The number of phosphoric ester groups is 1. The van der Waals surface area contributed by atoms with Crippen molar-refractivity contribution in [1.29, 1.82) is 0 Å². The van der Waals surface area contributed by atoms with Crippen LogP contribution in [0, 0.1) is 0 Å². The Kier molecular flexibility index (Phi) is 58.2. The summed E-state index contributed by atoms with van der Waals surface area (Å²) in [6, 6.07) is -0.881. The number of unbranched alkanes of at least 4 members (excludes halogenated alkanes) is 33. The molecule has 0 aromatic heterocycles. The van der Waals surface area contributed by atoms with E-state index in [0.717, 1.165) is 77.0 Å². The average molecular weight is 1150 g/mol. The third kappa shape index (κ3) is 61.6. The summed E-state index contributed by atoms with van der Waals surface area (Å²) in [5, 5.41) is 3.03. The topological polar surface area (TPSA) is 111 Å². The quantitative estimate of drug-likeness (QED) is 0.0205. The maximum Gasteiger partial charge on any atom is 0.472 e. The molecule has 0 aromatic rings. The van der Waals surface area contributed by atoms with Crippen LogP contribution in [0.3, 0.4) is 0 Å². The first-order chi connectivity index (χ1) is 39.4. The Bertz CT molecular complexity index is 1660. The molecule has 1 amide bonds. The zero-order chi connectivity index (χ0) is 59.3. The number of phosphoric acid groups is 1. The van der Waals surface area contributed by atoms with E-state index in [4.69, 9.17) is 13.8 Å². The zero-order valence-corrected chi connectivity index (χ0v) is 54.7. The molecule has 0 saturated heterocycles. The van der Waals surface area contributed by atoms with E-state index in [0.29, 0.717) is 17.4 Å². The van der Waals surface area contributed by atoms with Crippen molar-refractivity contribution >= 4 is 19.7 Å². The van der Waals surface area contributed by atoms with Gasteiger partial charge in [0.05, 0.1) is 33.8 Å². The van der Waals surface area contributed by atoms with Crippen molar-refractivity contribution in [3.63, 3.8) is 0 Å². The summed E-state index contributed by atoms with van der Waals surface area (Å²) < 4.78 is 30.7. The van der Waals surface area contributed by atoms with Crippen molar-refractivity contribution in [3.05, 3.63) is 85.1 Å². The van der Waals surface area contributed by atoms with Gasteiger partial charge < -0.3 is 19.4 Å². The maximum atomic E-state index is 13.5. The van der Waals surface area contributed by atoms with Gasteiger partial charge in [0.15, 0.2) is 0 Å². The minimum atomic E-state index is -4.47. The number of ether oxygens (including phenoxy) is 1. The standard InChI is InChI=1S/C71H129N2O7P/c1-7-10-13-16-19-22-25-28-30-32-33-34-35-36-37-38-39-41-43-46-49-52-55-58-61-64-71(75)80-69(62-59-56-53-50-47-44-27-24-21-18-15-12-9-3)68(67-79-81(76,77)78-66-65-73(4,5)6)72-70(74)63-60-57-54-51-48-45-42-40-31-29-26-23-20-17-14-11-8-2/h11,14,20,23,28-31,42,45,51,54,59,62,68-69H,7-10,12-13,15-19,21-22,24-27,32-41,43-44,46-50,52-53,55-58,60-61,63-67H2,1-6H3,(H-,72,74,76,77)/p+1/b14-11-,23-20-,30-28+,31-29-,45-42-,54-51-,62-59-. The summed E-state index contributed by atoms with van der Waals surface area (Å²) in [4.78, 5) is 37.8. The molecular weight excluding hydrogens is 1020 g/mol. The molecule has 81 heavy (non-hydrogen) atoms. The Morgan fingerprint density at radius 3 is 1.22 bits per heavy atom. The molecule has 0 heterocycles. The maximum absolute atomic E-state index is 13.5. The first kappa shape index (κ1) is 78.2. The Labute approximate surface area is 501 Å². The number of likely N-dealkylation sites (N-methyl/N-ethyl adjacent to an activating group) is 1. The second kappa shape index (κ2) is 60.3. The smallest absolute Gasteiger partial charge is 0.456 e. The summed E-state index contributed by atoms with van der Waals surface area (Å²) in [6.07, 6.45) is 80.4. The van der Waals surface area contributed by atoms with Crippen LogP contribution in [0.2, 0.25) is 0 Å². The van der Waals surface area contributed by atoms with Crippen LogP contribution in [0.5, 0.6) is 0 Å². The number of hydrogen-bond donors (Lipinski definition) is 2. The molecule has 0 saturated carbocycles. The monoisotopic (exact) mass is 1150 g/mol. The normalized spacial score (nSPS) is 14.1. The Morgan fingerprint density at radius 1 is 0.444 bits per heavy atom. The van der Waals surface area contributed by atoms with Crippen LogP contribution >= 0.6 is 7.82 Å². The van der Waals surface area contributed by atoms with Crippen LogP contribution in [-0.2, 0) is 27.9 Å². The highest BCUT2D eigenvalue weighted by Gasteiger charge is 2.30. The molecule has 0 aromatic carbocycles. The number of quaternary nitrogens is 1. The minimum Gasteiger partial charge on any atom is -0.456 e. The molecule has 0 radical (unpaired) electrons. The van der Waals surface area contributed by atoms with Crippen LogP contribution in [0.15, 0.2) is 85.1 Å². The van der Waals surface area contributed by atoms with Crippen LogP contribution in [0.25, 0.3) is 0 Å². The van der Waals surface area contributed by atoms with Crippen molar-refractivity contribution in [3.8, 4) is 0 Å². The van der Waals surface area contributed by atoms with Gasteiger partial charge in [-0.2, -0.15) is 0 Å². The van der Waals surface area contributed by atoms with E-state index in [1.165, 1.54) is 186 Å². The molecule has 0 aliphatic carbocycles. The van der Waals surface area contributed by atoms with Crippen molar-refractivity contribution in [2.24, 2.45) is 0 Å². The Hall–Kier alpha value is -2.81. The van der Waals surface area contributed by atoms with Crippen molar-refractivity contribution in [2.45, 2.75) is 315 Å². The van der Waals surface area contributed by atoms with Crippen LogP contribution in [0.4, 0.5) is 0 Å². The molecule has 470 valence electrons. The second-order valence-electron chi connectivity index (χ2n) is 24.0. The summed E-state index contributed by atoms with van der Waals surface area (Å²) in [5.41, 5.74) is 0. The first-order valence-electron chi connectivity index (χ1n) is 33.9. The second-order valence-corrected chi connectivity index (χ2v) is 25.4. The van der Waals surface area contributed by atoms with Crippen LogP contribution in [-0.4, -0.2) is 74.3 Å². The van der Waals surface area contributed by atoms with E-state index in [1.807, 2.05) is 33.3 Å². The largest absolute Gasteiger partial charge is 0.472 e. The van der Waals surface area contributed by atoms with E-state index < -0.39 is 20.0 Å². The van der Waals surface area contributed by atoms with Gasteiger partial charge in [-0.15, -0.1) is 0 Å². The summed E-state index contributed by atoms with van der Waals surface area (Å²) >= 11 is 0. The van der Waals surface area contributed by atoms with Crippen molar-refractivity contribution in [2.75, 3.05) is 40.9 Å². The lowest BCUT2D eigenvalue weighted by atomic mass is 10.0. The molecule has 0 aliphatic heterocycles. The molecule has 0 aliphatic rings. The van der Waals surface area contributed by atoms with Crippen molar-refractivity contribution in [1.82, 2.24) is 5.32 Å². The molecule has 0 fully saturated rings. The fourth-order valence-corrected chi connectivity index (χ4v) is 10.4. The highest BCUT2D eigenvalue weighted by Crippen LogP contribution is 2.43. The molecule has 9 nitrogen and oxygen atoms in total. The molecule has 10 heteroatoms. The van der Waals surface area contributed by atoms with Gasteiger partial charge in [-0.1, -0.05) is 280 Å². The predicted molar refractivity (Wildman–Crippen MR) is 351 cm³/mol. The number of carbonyl (C=O) groups is 2. The molecule has 0 bridgehead atoms. The number of rotatable bonds is 61. The number of amides is 1. The molecule has 0 rings (SSSR count). The number of esters is 1. The van der Waals surface area contributed by atoms with Gasteiger partial charge in [0.25, 0.3) is 0 Å². The fourth-order valence-electron chi connectivity index (χ4n) is 9.62. The highest BCUT2D eigenvalue weighted by molar-refractivity contribution is 7.47. The Morgan fingerprint density at radius 2 is 0.802 bits per heavy atom. The zero-order valence-electron chi connectivity index (χ0n) is 53.8. The number of nitrogens with zero attached hydrogens (tertiary/aromatic N) is 1. The minimum absolute atomic E-state index is 0.0274. The predicted octanol–water partition coefficient (Wildman–Crippen LogP) is 21.3. The molecule has 2 N–H and O–H groups in total. The van der Waals surface area contributed by atoms with Gasteiger partial charge in [0.1, 0.15) is 19.3 Å². The summed E-state index contributed by atoms with van der Waals surface area (Å²) in [7, 11) is 1.46. The summed E-state index contributed by atoms with van der Waals surface area (Å²) in [6.45, 7) is 6.87. The average Bonchev–Trinajstić information content (AvgIpc) is 3.44. The lowest BCUT2D eigenvalue weighted by Gasteiger charge is -2.27. The molecular formula is C71H130N2O7P+. The summed E-state index contributed by atoms with van der Waals surface area (Å²) in [5.74, 6) is -0.567. The van der Waals surface area contributed by atoms with E-state index in [-0.39, 0.29) is 37.9 Å². The van der Waals surface area contributed by atoms with E-state index in [9.17, 15) is 19.0 Å². The van der Waals surface area contributed by atoms with E-state index >= 15 is 0 Å². The third-order valence-electron chi connectivity index (χ3n) is 14.8. The molecule has 3 unspecified atom stereocenters. The van der Waals surface area contributed by atoms with E-state index in [1.54, 1.807) is 0 Å². The van der Waals surface area contributed by atoms with Gasteiger partial charge >= 0.3 is 13.8 Å². The number of allylic oxidation sites excluding steroid dienone is 13. The number of nitrogens with one attached hydrogen (secondary N) is 1. The lowest BCUT2D eigenvalue weighted by Crippen LogP contribution is -2.47. The Balaban J connectivity index is 5.18. The lowest BCUT2D eigenvalue weighted by molar-refractivity contribution is -0.870. The first-order valence-corrected chi connectivity index (χ1v) is 35.4. The number of carbonyl (C=O) groups excluding carboxylic acids is 2. The number of hydrogen-bond acceptors (Lipinski definition) is 6. The van der Waals surface area contributed by atoms with Gasteiger partial charge in [-0.05, 0) is 96.0 Å². The van der Waals surface area contributed by atoms with Gasteiger partial charge in [-0.3, -0.25) is 18.6 Å². The fraction of sp³-hybridized carbons (Fsp3) is 0.775. The molecule has 3 atom stereocenters. The molecule has 0 spiro atoms. The SMILES string of the molecule is CC/C=C\C/C=C\C/C=C\C/C=C\C/C=C\CCCC(=O)NC(COP(=O)(O)OCC[N+](C)(C)C)C(/C=C\CCCCCCCCCCCCC)OC(=O)CCCCCCCCCCCCCCCCC/C=C/CCCCCCCC. The van der Waals surface area contributed by atoms with Gasteiger partial charge in [0, 0.05) is 12.8 Å². The highest BCUT2D eigenvalue weighted by atomic mass is 31.2. The van der Waals surface area contributed by atoms with Gasteiger partial charge in [0.2, 0.25) is 5.91 Å². The van der Waals surface area contributed by atoms with Gasteiger partial charge in [-0.25, -0.2) is 4.57 Å². The third-order valence-corrected chi connectivity index (χ3v) is 15.8. The van der Waals surface area contributed by atoms with E-state index in [2.05, 4.69) is 99.0 Å². The van der Waals surface area contributed by atoms with Crippen LogP contribution in [0.1, 0.15) is 303 Å². The van der Waals surface area contributed by atoms with Crippen LogP contribution < -0.4 is 5.32 Å².